The third kappa shape index (κ3) is 5.17. The maximum Gasteiger partial charge on any atom is 0.165 e. The minimum absolute atomic E-state index is 0.0862. The van der Waals surface area contributed by atoms with E-state index in [1.54, 1.807) is 14.2 Å². The Labute approximate surface area is 172 Å². The molecule has 3 rings (SSSR count). The van der Waals surface area contributed by atoms with Gasteiger partial charge in [-0.15, -0.1) is 0 Å². The van der Waals surface area contributed by atoms with Crippen molar-refractivity contribution in [2.24, 2.45) is 0 Å². The van der Waals surface area contributed by atoms with Crippen LogP contribution in [0.15, 0.2) is 72.8 Å². The van der Waals surface area contributed by atoms with Crippen molar-refractivity contribution in [2.75, 3.05) is 19.5 Å². The lowest BCUT2D eigenvalue weighted by atomic mass is 9.97. The highest BCUT2D eigenvalue weighted by molar-refractivity contribution is 5.96. The summed E-state index contributed by atoms with van der Waals surface area (Å²) in [6.45, 7) is 2.13. The zero-order valence-electron chi connectivity index (χ0n) is 17.1. The summed E-state index contributed by atoms with van der Waals surface area (Å²) in [4.78, 5) is 12.9. The van der Waals surface area contributed by atoms with Gasteiger partial charge in [0.05, 0.1) is 20.3 Å². The number of aryl methyl sites for hydroxylation is 1. The van der Waals surface area contributed by atoms with E-state index in [9.17, 15) is 4.79 Å². The Balaban J connectivity index is 1.90. The Kier molecular flexibility index (Phi) is 6.90. The standard InChI is InChI=1S/C25H27NO3/c1-4-18-10-13-21(14-11-18)26-22(17-23(27)19-8-6-5-7-9-19)20-12-15-24(28-2)25(16-20)29-3/h5-16,22,26H,4,17H2,1-3H3. The Morgan fingerprint density at radius 1 is 0.897 bits per heavy atom. The van der Waals surface area contributed by atoms with Gasteiger partial charge < -0.3 is 14.8 Å². The first-order valence-electron chi connectivity index (χ1n) is 9.80. The molecule has 0 amide bonds. The van der Waals surface area contributed by atoms with Gasteiger partial charge in [-0.2, -0.15) is 0 Å². The summed E-state index contributed by atoms with van der Waals surface area (Å²) in [5.74, 6) is 1.39. The van der Waals surface area contributed by atoms with E-state index in [4.69, 9.17) is 9.47 Å². The third-order valence-electron chi connectivity index (χ3n) is 5.00. The average molecular weight is 389 g/mol. The Bertz CT molecular complexity index is 936. The number of rotatable bonds is 9. The molecule has 0 aliphatic carbocycles. The lowest BCUT2D eigenvalue weighted by molar-refractivity contribution is 0.0976. The van der Waals surface area contributed by atoms with Gasteiger partial charge in [0.1, 0.15) is 0 Å². The molecule has 0 heterocycles. The fourth-order valence-electron chi connectivity index (χ4n) is 3.29. The number of Topliss-reactive ketones (excluding diaryl/α,β-unsaturated/α-hetero) is 1. The summed E-state index contributed by atoms with van der Waals surface area (Å²) in [6, 6.07) is 23.3. The Morgan fingerprint density at radius 2 is 1.59 bits per heavy atom. The summed E-state index contributed by atoms with van der Waals surface area (Å²) >= 11 is 0. The molecular weight excluding hydrogens is 362 g/mol. The molecule has 1 atom stereocenters. The lowest BCUT2D eigenvalue weighted by Crippen LogP contribution is -2.16. The van der Waals surface area contributed by atoms with E-state index in [2.05, 4.69) is 36.5 Å². The van der Waals surface area contributed by atoms with Crippen LogP contribution in [0.25, 0.3) is 0 Å². The first kappa shape index (κ1) is 20.5. The predicted molar refractivity (Wildman–Crippen MR) is 117 cm³/mol. The van der Waals surface area contributed by atoms with Crippen molar-refractivity contribution < 1.29 is 14.3 Å². The summed E-state index contributed by atoms with van der Waals surface area (Å²) in [7, 11) is 3.23. The number of carbonyl (C=O) groups excluding carboxylic acids is 1. The molecule has 0 fully saturated rings. The van der Waals surface area contributed by atoms with Crippen LogP contribution in [0.5, 0.6) is 11.5 Å². The molecule has 29 heavy (non-hydrogen) atoms. The molecule has 0 saturated carbocycles. The first-order valence-corrected chi connectivity index (χ1v) is 9.80. The second-order valence-corrected chi connectivity index (χ2v) is 6.86. The summed E-state index contributed by atoms with van der Waals surface area (Å²) in [5, 5.41) is 3.52. The largest absolute Gasteiger partial charge is 0.493 e. The second-order valence-electron chi connectivity index (χ2n) is 6.86. The Morgan fingerprint density at radius 3 is 2.21 bits per heavy atom. The molecule has 0 aromatic heterocycles. The summed E-state index contributed by atoms with van der Waals surface area (Å²) < 4.78 is 10.8. The molecule has 0 aliphatic heterocycles. The van der Waals surface area contributed by atoms with Crippen molar-refractivity contribution in [2.45, 2.75) is 25.8 Å². The molecule has 0 bridgehead atoms. The van der Waals surface area contributed by atoms with Crippen molar-refractivity contribution in [3.05, 3.63) is 89.5 Å². The minimum Gasteiger partial charge on any atom is -0.493 e. The van der Waals surface area contributed by atoms with Gasteiger partial charge in [0.15, 0.2) is 17.3 Å². The SMILES string of the molecule is CCc1ccc(NC(CC(=O)c2ccccc2)c2ccc(OC)c(OC)c2)cc1. The van der Waals surface area contributed by atoms with Gasteiger partial charge in [0.2, 0.25) is 0 Å². The van der Waals surface area contributed by atoms with E-state index in [0.29, 0.717) is 23.5 Å². The van der Waals surface area contributed by atoms with Crippen molar-refractivity contribution in [1.82, 2.24) is 0 Å². The quantitative estimate of drug-likeness (QED) is 0.478. The fraction of sp³-hybridized carbons (Fsp3) is 0.240. The number of anilines is 1. The summed E-state index contributed by atoms with van der Waals surface area (Å²) in [5.41, 5.74) is 3.93. The topological polar surface area (TPSA) is 47.6 Å². The zero-order chi connectivity index (χ0) is 20.6. The average Bonchev–Trinajstić information content (AvgIpc) is 2.79. The summed E-state index contributed by atoms with van der Waals surface area (Å²) in [6.07, 6.45) is 1.32. The van der Waals surface area contributed by atoms with Crippen LogP contribution in [0.4, 0.5) is 5.69 Å². The highest BCUT2D eigenvalue weighted by atomic mass is 16.5. The predicted octanol–water partition coefficient (Wildman–Crippen LogP) is 5.69. The highest BCUT2D eigenvalue weighted by Crippen LogP contribution is 2.33. The molecule has 0 saturated heterocycles. The van der Waals surface area contributed by atoms with E-state index in [0.717, 1.165) is 17.7 Å². The highest BCUT2D eigenvalue weighted by Gasteiger charge is 2.19. The van der Waals surface area contributed by atoms with Gasteiger partial charge >= 0.3 is 0 Å². The number of methoxy groups -OCH3 is 2. The number of ketones is 1. The molecule has 0 spiro atoms. The number of nitrogens with one attached hydrogen (secondary N) is 1. The molecule has 1 unspecified atom stereocenters. The van der Waals surface area contributed by atoms with Crippen molar-refractivity contribution in [3.63, 3.8) is 0 Å². The number of hydrogen-bond donors (Lipinski definition) is 1. The monoisotopic (exact) mass is 389 g/mol. The van der Waals surface area contributed by atoms with Gasteiger partial charge in [-0.1, -0.05) is 55.5 Å². The molecule has 4 heteroatoms. The van der Waals surface area contributed by atoms with Gasteiger partial charge in [0, 0.05) is 17.7 Å². The number of hydrogen-bond acceptors (Lipinski definition) is 4. The molecule has 3 aromatic carbocycles. The zero-order valence-corrected chi connectivity index (χ0v) is 17.1. The second kappa shape index (κ2) is 9.78. The van der Waals surface area contributed by atoms with Gasteiger partial charge in [-0.05, 0) is 41.8 Å². The van der Waals surface area contributed by atoms with Crippen LogP contribution in [0.2, 0.25) is 0 Å². The number of ether oxygens (including phenoxy) is 2. The van der Waals surface area contributed by atoms with E-state index in [1.165, 1.54) is 5.56 Å². The van der Waals surface area contributed by atoms with Crippen molar-refractivity contribution in [1.29, 1.82) is 0 Å². The molecule has 150 valence electrons. The smallest absolute Gasteiger partial charge is 0.165 e. The van der Waals surface area contributed by atoms with Crippen molar-refractivity contribution in [3.8, 4) is 11.5 Å². The van der Waals surface area contributed by atoms with Crippen LogP contribution in [0, 0.1) is 0 Å². The molecule has 0 radical (unpaired) electrons. The van der Waals surface area contributed by atoms with E-state index in [-0.39, 0.29) is 11.8 Å². The van der Waals surface area contributed by atoms with Gasteiger partial charge in [-0.3, -0.25) is 4.79 Å². The number of carbonyl (C=O) groups is 1. The van der Waals surface area contributed by atoms with E-state index >= 15 is 0 Å². The van der Waals surface area contributed by atoms with E-state index in [1.807, 2.05) is 48.5 Å². The van der Waals surface area contributed by atoms with Crippen LogP contribution in [0.3, 0.4) is 0 Å². The Hall–Kier alpha value is -3.27. The molecular formula is C25H27NO3. The van der Waals surface area contributed by atoms with Crippen LogP contribution < -0.4 is 14.8 Å². The van der Waals surface area contributed by atoms with Gasteiger partial charge in [-0.25, -0.2) is 0 Å². The maximum absolute atomic E-state index is 12.9. The first-order chi connectivity index (χ1) is 14.1. The van der Waals surface area contributed by atoms with Crippen LogP contribution in [-0.4, -0.2) is 20.0 Å². The van der Waals surface area contributed by atoms with Crippen LogP contribution in [0.1, 0.15) is 40.9 Å². The molecule has 0 aliphatic rings. The third-order valence-corrected chi connectivity index (χ3v) is 5.00. The minimum atomic E-state index is -0.199. The fourth-order valence-corrected chi connectivity index (χ4v) is 3.29. The molecule has 4 nitrogen and oxygen atoms in total. The molecule has 3 aromatic rings. The van der Waals surface area contributed by atoms with Crippen molar-refractivity contribution >= 4 is 11.5 Å². The van der Waals surface area contributed by atoms with E-state index < -0.39 is 0 Å². The number of benzene rings is 3. The maximum atomic E-state index is 12.9. The van der Waals surface area contributed by atoms with Crippen LogP contribution >= 0.6 is 0 Å². The van der Waals surface area contributed by atoms with Gasteiger partial charge in [0.25, 0.3) is 0 Å². The normalized spacial score (nSPS) is 11.6. The van der Waals surface area contributed by atoms with Crippen LogP contribution in [-0.2, 0) is 6.42 Å². The lowest BCUT2D eigenvalue weighted by Gasteiger charge is -2.21. The molecule has 1 N–H and O–H groups in total.